The Hall–Kier alpha value is -2.40. The van der Waals surface area contributed by atoms with Crippen molar-refractivity contribution in [2.24, 2.45) is 0 Å². The number of pyridine rings is 1. The molecule has 0 bridgehead atoms. The van der Waals surface area contributed by atoms with Crippen molar-refractivity contribution in [2.75, 3.05) is 12.4 Å². The first-order chi connectivity index (χ1) is 15.4. The summed E-state index contributed by atoms with van der Waals surface area (Å²) in [7, 11) is -2.55. The Balaban J connectivity index is 0.00000259. The van der Waals surface area contributed by atoms with Crippen LogP contribution in [0.15, 0.2) is 47.8 Å². The molecule has 2 N–H and O–H groups in total. The molecule has 3 aromatic rings. The maximum Gasteiger partial charge on any atom is 0.333 e. The number of rotatable bonds is 6. The summed E-state index contributed by atoms with van der Waals surface area (Å²) in [5, 5.41) is 6.73. The van der Waals surface area contributed by atoms with Gasteiger partial charge in [-0.05, 0) is 60.9 Å². The number of urea groups is 1. The Morgan fingerprint density at radius 1 is 1.18 bits per heavy atom. The van der Waals surface area contributed by atoms with E-state index in [1.165, 1.54) is 13.2 Å². The Labute approximate surface area is 214 Å². The van der Waals surface area contributed by atoms with E-state index in [1.807, 2.05) is 12.1 Å². The largest absolute Gasteiger partial charge is 0.481 e. The van der Waals surface area contributed by atoms with Crippen LogP contribution in [-0.4, -0.2) is 65.9 Å². The summed E-state index contributed by atoms with van der Waals surface area (Å²) in [6, 6.07) is 8.41. The van der Waals surface area contributed by atoms with Crippen LogP contribution in [0, 0.1) is 0 Å². The van der Waals surface area contributed by atoms with E-state index in [-0.39, 0.29) is 40.6 Å². The summed E-state index contributed by atoms with van der Waals surface area (Å²) in [5.74, 6) is 0.451. The number of carbonyl (C=O) groups is 1. The monoisotopic (exact) mass is 476 g/mol. The van der Waals surface area contributed by atoms with E-state index in [0.29, 0.717) is 11.6 Å². The minimum Gasteiger partial charge on any atom is -0.481 e. The fourth-order valence-electron chi connectivity index (χ4n) is 4.06. The molecule has 5 rings (SSSR count). The van der Waals surface area contributed by atoms with Gasteiger partial charge in [0, 0.05) is 53.6 Å². The number of hydrogen-bond donors (Lipinski definition) is 2. The molecule has 2 aliphatic carbocycles. The fourth-order valence-corrected chi connectivity index (χ4v) is 4.90. The molecule has 9 nitrogen and oxygen atoms in total. The third-order valence-electron chi connectivity index (χ3n) is 5.78. The maximum absolute atomic E-state index is 12.8. The first-order valence-corrected chi connectivity index (χ1v) is 12.0. The molecule has 0 spiro atoms. The molecule has 1 saturated carbocycles. The van der Waals surface area contributed by atoms with Crippen LogP contribution >= 0.6 is 0 Å². The topological polar surface area (TPSA) is 115 Å². The molecule has 11 heteroatoms. The van der Waals surface area contributed by atoms with Crippen molar-refractivity contribution in [3.63, 3.8) is 0 Å². The van der Waals surface area contributed by atoms with Crippen LogP contribution in [0.5, 0.6) is 5.88 Å². The van der Waals surface area contributed by atoms with Crippen molar-refractivity contribution in [1.29, 1.82) is 0 Å². The summed E-state index contributed by atoms with van der Waals surface area (Å²) in [6.07, 6.45) is 7.93. The standard InChI is InChI=1S/C22H23N5O4S.Na/c1-31-19-13-15(9-11-23-19)18-8-5-14-3-2-4-17(14)21(18)24-22(28)26-32(29,30)20-10-12-27(25-20)16-6-7-16;/h5,8-13,16H,2-4,6-7H2,1H3,(H2,24,26,28);. The van der Waals surface area contributed by atoms with Crippen molar-refractivity contribution < 1.29 is 17.9 Å². The van der Waals surface area contributed by atoms with Gasteiger partial charge in [-0.25, -0.2) is 14.5 Å². The molecule has 0 atom stereocenters. The summed E-state index contributed by atoms with van der Waals surface area (Å²) in [6.45, 7) is 0. The molecule has 2 aliphatic rings. The summed E-state index contributed by atoms with van der Waals surface area (Å²) >= 11 is 0. The number of sulfonamides is 1. The third-order valence-corrected chi connectivity index (χ3v) is 7.01. The molecule has 0 aliphatic heterocycles. The van der Waals surface area contributed by atoms with Gasteiger partial charge in [-0.3, -0.25) is 4.68 Å². The van der Waals surface area contributed by atoms with E-state index >= 15 is 0 Å². The van der Waals surface area contributed by atoms with Gasteiger partial charge in [0.25, 0.3) is 10.0 Å². The number of ether oxygens (including phenoxy) is 1. The predicted octanol–water partition coefficient (Wildman–Crippen LogP) is 2.91. The number of aryl methyl sites for hydroxylation is 1. The number of benzene rings is 1. The minimum atomic E-state index is -4.09. The number of methoxy groups -OCH3 is 1. The van der Waals surface area contributed by atoms with Gasteiger partial charge in [0.15, 0.2) is 5.03 Å². The Morgan fingerprint density at radius 2 is 2.00 bits per heavy atom. The van der Waals surface area contributed by atoms with Crippen LogP contribution in [0.1, 0.15) is 36.4 Å². The number of nitrogens with one attached hydrogen (secondary N) is 2. The molecule has 1 aromatic carbocycles. The minimum absolute atomic E-state index is 0. The average molecular weight is 477 g/mol. The predicted molar refractivity (Wildman–Crippen MR) is 124 cm³/mol. The molecule has 1 fully saturated rings. The third kappa shape index (κ3) is 4.93. The number of nitrogens with zero attached hydrogens (tertiary/aromatic N) is 3. The van der Waals surface area contributed by atoms with E-state index in [1.54, 1.807) is 23.1 Å². The fraction of sp³-hybridized carbons (Fsp3) is 0.318. The first-order valence-electron chi connectivity index (χ1n) is 10.5. The van der Waals surface area contributed by atoms with Gasteiger partial charge in [0.2, 0.25) is 5.88 Å². The number of hydrogen-bond acceptors (Lipinski definition) is 6. The SMILES string of the molecule is COc1cc(-c2ccc3c(c2NC(=O)NS(=O)(=O)c2ccn(C4CC4)n2)CCC3)ccn1.[Na]. The summed E-state index contributed by atoms with van der Waals surface area (Å²) in [4.78, 5) is 16.9. The number of carbonyl (C=O) groups excluding carboxylic acids is 1. The molecule has 2 heterocycles. The van der Waals surface area contributed by atoms with Gasteiger partial charge < -0.3 is 10.1 Å². The summed E-state index contributed by atoms with van der Waals surface area (Å²) in [5.41, 5.74) is 4.36. The van der Waals surface area contributed by atoms with Crippen LogP contribution < -0.4 is 14.8 Å². The van der Waals surface area contributed by atoms with Crippen molar-refractivity contribution in [1.82, 2.24) is 19.5 Å². The summed E-state index contributed by atoms with van der Waals surface area (Å²) < 4.78 is 34.3. The zero-order chi connectivity index (χ0) is 22.3. The molecule has 1 radical (unpaired) electrons. The van der Waals surface area contributed by atoms with Gasteiger partial charge in [0.05, 0.1) is 18.8 Å². The van der Waals surface area contributed by atoms with Gasteiger partial charge in [0.1, 0.15) is 0 Å². The quantitative estimate of drug-likeness (QED) is 0.529. The van der Waals surface area contributed by atoms with Crippen molar-refractivity contribution in [3.8, 4) is 17.0 Å². The van der Waals surface area contributed by atoms with Crippen LogP contribution in [0.3, 0.4) is 0 Å². The van der Waals surface area contributed by atoms with Crippen molar-refractivity contribution in [2.45, 2.75) is 43.2 Å². The van der Waals surface area contributed by atoms with E-state index in [4.69, 9.17) is 4.74 Å². The Bertz CT molecular complexity index is 1300. The Kier molecular flexibility index (Phi) is 6.81. The molecule has 33 heavy (non-hydrogen) atoms. The molecule has 0 saturated heterocycles. The second kappa shape index (κ2) is 9.46. The second-order valence-corrected chi connectivity index (χ2v) is 9.62. The zero-order valence-corrected chi connectivity index (χ0v) is 21.4. The van der Waals surface area contributed by atoms with Gasteiger partial charge in [-0.2, -0.15) is 13.5 Å². The first kappa shape index (κ1) is 23.7. The number of aromatic nitrogens is 3. The smallest absolute Gasteiger partial charge is 0.333 e. The number of amides is 2. The van der Waals surface area contributed by atoms with E-state index in [9.17, 15) is 13.2 Å². The normalized spacial score (nSPS) is 14.8. The Morgan fingerprint density at radius 3 is 2.76 bits per heavy atom. The van der Waals surface area contributed by atoms with E-state index in [2.05, 4.69) is 26.2 Å². The van der Waals surface area contributed by atoms with Crippen LogP contribution in [0.4, 0.5) is 10.5 Å². The van der Waals surface area contributed by atoms with Crippen LogP contribution in [-0.2, 0) is 22.9 Å². The molecule has 0 unspecified atom stereocenters. The molecule has 167 valence electrons. The molecule has 2 amide bonds. The van der Waals surface area contributed by atoms with Crippen LogP contribution in [0.2, 0.25) is 0 Å². The van der Waals surface area contributed by atoms with E-state index < -0.39 is 16.1 Å². The second-order valence-electron chi connectivity index (χ2n) is 7.99. The number of fused-ring (bicyclic) bond motifs is 1. The van der Waals surface area contributed by atoms with E-state index in [0.717, 1.165) is 54.4 Å². The molecular weight excluding hydrogens is 453 g/mol. The number of anilines is 1. The average Bonchev–Trinajstić information content (AvgIpc) is 3.29. The molecular formula is C22H23N5NaO4S. The molecule has 2 aromatic heterocycles. The van der Waals surface area contributed by atoms with Crippen molar-refractivity contribution in [3.05, 3.63) is 53.9 Å². The van der Waals surface area contributed by atoms with Gasteiger partial charge in [-0.15, -0.1) is 0 Å². The van der Waals surface area contributed by atoms with Gasteiger partial charge >= 0.3 is 6.03 Å². The van der Waals surface area contributed by atoms with Crippen LogP contribution in [0.25, 0.3) is 11.1 Å². The van der Waals surface area contributed by atoms with Gasteiger partial charge in [-0.1, -0.05) is 12.1 Å². The van der Waals surface area contributed by atoms with Crippen molar-refractivity contribution >= 4 is 51.3 Å². The zero-order valence-electron chi connectivity index (χ0n) is 18.5. The maximum atomic E-state index is 12.8.